The molecule has 2 aromatic carbocycles. The van der Waals surface area contributed by atoms with Gasteiger partial charge in [0, 0.05) is 6.07 Å². The molecule has 0 saturated heterocycles. The summed E-state index contributed by atoms with van der Waals surface area (Å²) in [5, 5.41) is 2.60. The summed E-state index contributed by atoms with van der Waals surface area (Å²) in [6.45, 7) is 5.32. The molecule has 25 heavy (non-hydrogen) atoms. The van der Waals surface area contributed by atoms with Crippen LogP contribution < -0.4 is 14.8 Å². The van der Waals surface area contributed by atoms with Crippen molar-refractivity contribution in [3.63, 3.8) is 0 Å². The van der Waals surface area contributed by atoms with Crippen molar-refractivity contribution in [1.82, 2.24) is 0 Å². The SMILES string of the molecule is COc1cc(OC(=O)c2ccccc2)ccc1NC(=O)OC(C)(C)C. The standard InChI is InChI=1S/C19H21NO5/c1-19(2,3)25-18(22)20-15-11-10-14(12-16(15)23-4)24-17(21)13-8-6-5-7-9-13/h5-12H,1-4H3,(H,20,22). The number of ether oxygens (including phenoxy) is 3. The number of carbonyl (C=O) groups excluding carboxylic acids is 2. The van der Waals surface area contributed by atoms with Gasteiger partial charge in [-0.05, 0) is 45.0 Å². The van der Waals surface area contributed by atoms with Gasteiger partial charge in [0.05, 0.1) is 18.4 Å². The average Bonchev–Trinajstić information content (AvgIpc) is 2.55. The molecule has 2 rings (SSSR count). The first-order chi connectivity index (χ1) is 11.8. The van der Waals surface area contributed by atoms with Crippen molar-refractivity contribution in [3.05, 3.63) is 54.1 Å². The van der Waals surface area contributed by atoms with Crippen molar-refractivity contribution in [2.75, 3.05) is 12.4 Å². The van der Waals surface area contributed by atoms with E-state index in [2.05, 4.69) is 5.32 Å². The Balaban J connectivity index is 2.11. The van der Waals surface area contributed by atoms with Crippen LogP contribution in [-0.2, 0) is 4.74 Å². The second kappa shape index (κ2) is 7.70. The van der Waals surface area contributed by atoms with Crippen molar-refractivity contribution in [2.24, 2.45) is 0 Å². The number of esters is 1. The molecule has 0 unspecified atom stereocenters. The fraction of sp³-hybridized carbons (Fsp3) is 0.263. The van der Waals surface area contributed by atoms with Gasteiger partial charge in [-0.25, -0.2) is 9.59 Å². The lowest BCUT2D eigenvalue weighted by Gasteiger charge is -2.20. The highest BCUT2D eigenvalue weighted by molar-refractivity contribution is 5.91. The van der Waals surface area contributed by atoms with Crippen molar-refractivity contribution in [3.8, 4) is 11.5 Å². The fourth-order valence-electron chi connectivity index (χ4n) is 1.99. The van der Waals surface area contributed by atoms with Crippen LogP contribution in [0.1, 0.15) is 31.1 Å². The predicted octanol–water partition coefficient (Wildman–Crippen LogP) is 4.26. The number of hydrogen-bond acceptors (Lipinski definition) is 5. The molecule has 2 aromatic rings. The maximum Gasteiger partial charge on any atom is 0.412 e. The molecule has 0 heterocycles. The van der Waals surface area contributed by atoms with Crippen LogP contribution in [0.3, 0.4) is 0 Å². The molecule has 0 spiro atoms. The number of carbonyl (C=O) groups is 2. The van der Waals surface area contributed by atoms with Crippen LogP contribution in [0, 0.1) is 0 Å². The van der Waals surface area contributed by atoms with E-state index in [0.29, 0.717) is 22.7 Å². The van der Waals surface area contributed by atoms with Gasteiger partial charge in [-0.3, -0.25) is 5.32 Å². The van der Waals surface area contributed by atoms with Gasteiger partial charge in [0.15, 0.2) is 0 Å². The minimum atomic E-state index is -0.609. The zero-order valence-corrected chi connectivity index (χ0v) is 14.7. The first-order valence-corrected chi connectivity index (χ1v) is 7.74. The average molecular weight is 343 g/mol. The van der Waals surface area contributed by atoms with E-state index in [-0.39, 0.29) is 0 Å². The number of amides is 1. The molecule has 0 aliphatic rings. The molecule has 0 bridgehead atoms. The molecule has 0 atom stereocenters. The molecule has 0 saturated carbocycles. The van der Waals surface area contributed by atoms with Crippen molar-refractivity contribution >= 4 is 17.7 Å². The first-order valence-electron chi connectivity index (χ1n) is 7.74. The Morgan fingerprint density at radius 3 is 2.28 bits per heavy atom. The summed E-state index contributed by atoms with van der Waals surface area (Å²) in [5.74, 6) is 0.181. The van der Waals surface area contributed by atoms with Gasteiger partial charge in [-0.2, -0.15) is 0 Å². The molecule has 6 nitrogen and oxygen atoms in total. The van der Waals surface area contributed by atoms with Crippen molar-refractivity contribution < 1.29 is 23.8 Å². The highest BCUT2D eigenvalue weighted by Gasteiger charge is 2.18. The summed E-state index contributed by atoms with van der Waals surface area (Å²) < 4.78 is 15.8. The van der Waals surface area contributed by atoms with Crippen molar-refractivity contribution in [2.45, 2.75) is 26.4 Å². The molecule has 0 fully saturated rings. The van der Waals surface area contributed by atoms with E-state index in [1.54, 1.807) is 57.2 Å². The van der Waals surface area contributed by atoms with Gasteiger partial charge in [-0.1, -0.05) is 18.2 Å². The molecule has 0 aliphatic heterocycles. The summed E-state index contributed by atoms with van der Waals surface area (Å²) in [4.78, 5) is 24.0. The monoisotopic (exact) mass is 343 g/mol. The Bertz CT molecular complexity index is 750. The molecular weight excluding hydrogens is 322 g/mol. The summed E-state index contributed by atoms with van der Waals surface area (Å²) in [5.41, 5.74) is 0.247. The number of hydrogen-bond donors (Lipinski definition) is 1. The van der Waals surface area contributed by atoms with E-state index in [1.807, 2.05) is 6.07 Å². The summed E-state index contributed by atoms with van der Waals surface area (Å²) in [7, 11) is 1.46. The van der Waals surface area contributed by atoms with E-state index in [0.717, 1.165) is 0 Å². The second-order valence-corrected chi connectivity index (χ2v) is 6.24. The Morgan fingerprint density at radius 2 is 1.68 bits per heavy atom. The van der Waals surface area contributed by atoms with Gasteiger partial charge in [0.1, 0.15) is 17.1 Å². The molecular formula is C19H21NO5. The summed E-state index contributed by atoms with van der Waals surface area (Å²) >= 11 is 0. The van der Waals surface area contributed by atoms with Gasteiger partial charge >= 0.3 is 12.1 Å². The Kier molecular flexibility index (Phi) is 5.64. The minimum Gasteiger partial charge on any atom is -0.494 e. The first kappa shape index (κ1) is 18.3. The van der Waals surface area contributed by atoms with Crippen LogP contribution in [0.15, 0.2) is 48.5 Å². The number of methoxy groups -OCH3 is 1. The van der Waals surface area contributed by atoms with Crippen LogP contribution >= 0.6 is 0 Å². The number of nitrogens with one attached hydrogen (secondary N) is 1. The van der Waals surface area contributed by atoms with Gasteiger partial charge in [0.2, 0.25) is 0 Å². The molecule has 0 radical (unpaired) electrons. The minimum absolute atomic E-state index is 0.306. The molecule has 6 heteroatoms. The normalized spacial score (nSPS) is 10.7. The van der Waals surface area contributed by atoms with Crippen LogP contribution in [0.2, 0.25) is 0 Å². The molecule has 0 aromatic heterocycles. The Morgan fingerprint density at radius 1 is 1.00 bits per heavy atom. The van der Waals surface area contributed by atoms with Crippen LogP contribution in [-0.4, -0.2) is 24.8 Å². The van der Waals surface area contributed by atoms with Crippen LogP contribution in [0.25, 0.3) is 0 Å². The predicted molar refractivity (Wildman–Crippen MR) is 94.3 cm³/mol. The molecule has 1 amide bonds. The van der Waals surface area contributed by atoms with E-state index >= 15 is 0 Å². The van der Waals surface area contributed by atoms with Gasteiger partial charge in [0.25, 0.3) is 0 Å². The quantitative estimate of drug-likeness (QED) is 0.663. The number of rotatable bonds is 4. The highest BCUT2D eigenvalue weighted by atomic mass is 16.6. The molecule has 132 valence electrons. The third kappa shape index (κ3) is 5.53. The van der Waals surface area contributed by atoms with E-state index < -0.39 is 17.7 Å². The second-order valence-electron chi connectivity index (χ2n) is 6.24. The fourth-order valence-corrected chi connectivity index (χ4v) is 1.99. The number of anilines is 1. The van der Waals surface area contributed by atoms with Crippen molar-refractivity contribution in [1.29, 1.82) is 0 Å². The van der Waals surface area contributed by atoms with Crippen LogP contribution in [0.5, 0.6) is 11.5 Å². The highest BCUT2D eigenvalue weighted by Crippen LogP contribution is 2.30. The largest absolute Gasteiger partial charge is 0.494 e. The Labute approximate surface area is 146 Å². The smallest absolute Gasteiger partial charge is 0.412 e. The maximum atomic E-state index is 12.1. The molecule has 0 aliphatic carbocycles. The number of benzene rings is 2. The summed E-state index contributed by atoms with van der Waals surface area (Å²) in [6.07, 6.45) is -0.597. The lowest BCUT2D eigenvalue weighted by molar-refractivity contribution is 0.0634. The van der Waals surface area contributed by atoms with Gasteiger partial charge in [-0.15, -0.1) is 0 Å². The lowest BCUT2D eigenvalue weighted by atomic mass is 10.2. The van der Waals surface area contributed by atoms with E-state index in [9.17, 15) is 9.59 Å². The third-order valence-electron chi connectivity index (χ3n) is 3.03. The van der Waals surface area contributed by atoms with Crippen LogP contribution in [0.4, 0.5) is 10.5 Å². The zero-order chi connectivity index (χ0) is 18.4. The van der Waals surface area contributed by atoms with E-state index in [1.165, 1.54) is 13.2 Å². The topological polar surface area (TPSA) is 73.9 Å². The maximum absolute atomic E-state index is 12.1. The zero-order valence-electron chi connectivity index (χ0n) is 14.7. The lowest BCUT2D eigenvalue weighted by Crippen LogP contribution is -2.27. The Hall–Kier alpha value is -3.02. The van der Waals surface area contributed by atoms with Gasteiger partial charge < -0.3 is 14.2 Å². The third-order valence-corrected chi connectivity index (χ3v) is 3.03. The van der Waals surface area contributed by atoms with E-state index in [4.69, 9.17) is 14.2 Å². The molecule has 1 N–H and O–H groups in total. The summed E-state index contributed by atoms with van der Waals surface area (Å²) in [6, 6.07) is 13.3.